The van der Waals surface area contributed by atoms with E-state index in [0.29, 0.717) is 6.42 Å². The van der Waals surface area contributed by atoms with Gasteiger partial charge in [0.15, 0.2) is 0 Å². The number of carboxylic acids is 1. The van der Waals surface area contributed by atoms with E-state index < -0.39 is 34.5 Å². The van der Waals surface area contributed by atoms with Crippen LogP contribution in [0.1, 0.15) is 20.3 Å². The van der Waals surface area contributed by atoms with Crippen molar-refractivity contribution in [2.75, 3.05) is 6.54 Å². The van der Waals surface area contributed by atoms with Crippen molar-refractivity contribution in [1.29, 1.82) is 0 Å². The topological polar surface area (TPSA) is 113 Å². The summed E-state index contributed by atoms with van der Waals surface area (Å²) in [6.45, 7) is 3.02. The number of carboxylic acid groups (broad SMARTS) is 1. The molecule has 3 N–H and O–H groups in total. The zero-order valence-corrected chi connectivity index (χ0v) is 13.3. The van der Waals surface area contributed by atoms with Gasteiger partial charge in [0.2, 0.25) is 5.91 Å². The number of carbonyl (C=O) groups excluding carboxylic acids is 1. The SMILES string of the molecule is CCC(C)C(NC(=O)CNS(=O)(=O)c1cccs1)C(=O)O. The van der Waals surface area contributed by atoms with Crippen molar-refractivity contribution in [2.45, 2.75) is 30.5 Å². The molecule has 0 saturated heterocycles. The molecular weight excluding hydrogens is 316 g/mol. The Hall–Kier alpha value is -1.45. The van der Waals surface area contributed by atoms with Gasteiger partial charge in [0.05, 0.1) is 6.54 Å². The number of thiophene rings is 1. The number of amides is 1. The highest BCUT2D eigenvalue weighted by molar-refractivity contribution is 7.91. The number of aliphatic carboxylic acids is 1. The predicted octanol–water partition coefficient (Wildman–Crippen LogP) is 0.642. The highest BCUT2D eigenvalue weighted by atomic mass is 32.2. The second-order valence-electron chi connectivity index (χ2n) is 4.53. The predicted molar refractivity (Wildman–Crippen MR) is 78.5 cm³/mol. The third-order valence-corrected chi connectivity index (χ3v) is 5.78. The van der Waals surface area contributed by atoms with E-state index in [1.54, 1.807) is 18.4 Å². The molecule has 0 aliphatic carbocycles. The third-order valence-electron chi connectivity index (χ3n) is 2.98. The van der Waals surface area contributed by atoms with Crippen LogP contribution in [-0.2, 0) is 19.6 Å². The Kier molecular flexibility index (Phi) is 6.31. The molecule has 0 saturated carbocycles. The summed E-state index contributed by atoms with van der Waals surface area (Å²) in [5.41, 5.74) is 0. The summed E-state index contributed by atoms with van der Waals surface area (Å²) in [6.07, 6.45) is 0.582. The number of hydrogen-bond acceptors (Lipinski definition) is 5. The molecule has 2 unspecified atom stereocenters. The highest BCUT2D eigenvalue weighted by Crippen LogP contribution is 2.14. The Morgan fingerprint density at radius 3 is 2.57 bits per heavy atom. The lowest BCUT2D eigenvalue weighted by molar-refractivity contribution is -0.143. The largest absolute Gasteiger partial charge is 0.480 e. The smallest absolute Gasteiger partial charge is 0.326 e. The molecule has 2 atom stereocenters. The summed E-state index contributed by atoms with van der Waals surface area (Å²) in [6, 6.07) is 1.97. The van der Waals surface area contributed by atoms with Crippen molar-refractivity contribution in [1.82, 2.24) is 10.0 Å². The third kappa shape index (κ3) is 5.10. The van der Waals surface area contributed by atoms with Crippen molar-refractivity contribution in [3.05, 3.63) is 17.5 Å². The van der Waals surface area contributed by atoms with Crippen LogP contribution in [0.25, 0.3) is 0 Å². The Morgan fingerprint density at radius 2 is 2.10 bits per heavy atom. The van der Waals surface area contributed by atoms with Gasteiger partial charge in [-0.05, 0) is 17.4 Å². The first-order valence-electron chi connectivity index (χ1n) is 6.33. The Labute approximate surface area is 127 Å². The fourth-order valence-electron chi connectivity index (χ4n) is 1.56. The lowest BCUT2D eigenvalue weighted by Gasteiger charge is -2.20. The summed E-state index contributed by atoms with van der Waals surface area (Å²) >= 11 is 1.03. The van der Waals surface area contributed by atoms with E-state index in [1.165, 1.54) is 6.07 Å². The molecule has 0 aliphatic rings. The molecule has 1 rings (SSSR count). The van der Waals surface area contributed by atoms with Crippen LogP contribution in [0.3, 0.4) is 0 Å². The zero-order chi connectivity index (χ0) is 16.0. The van der Waals surface area contributed by atoms with Gasteiger partial charge in [-0.25, -0.2) is 17.9 Å². The first-order valence-corrected chi connectivity index (χ1v) is 8.69. The van der Waals surface area contributed by atoms with Crippen LogP contribution < -0.4 is 10.0 Å². The molecule has 9 heteroatoms. The van der Waals surface area contributed by atoms with Gasteiger partial charge in [0.1, 0.15) is 10.3 Å². The van der Waals surface area contributed by atoms with Gasteiger partial charge < -0.3 is 10.4 Å². The number of nitrogens with one attached hydrogen (secondary N) is 2. The van der Waals surface area contributed by atoms with Crippen LogP contribution in [0.5, 0.6) is 0 Å². The number of carbonyl (C=O) groups is 2. The molecule has 0 radical (unpaired) electrons. The molecular formula is C12H18N2O5S2. The van der Waals surface area contributed by atoms with Gasteiger partial charge in [-0.2, -0.15) is 0 Å². The fourth-order valence-corrected chi connectivity index (χ4v) is 3.58. The molecule has 7 nitrogen and oxygen atoms in total. The average Bonchev–Trinajstić information content (AvgIpc) is 2.96. The monoisotopic (exact) mass is 334 g/mol. The standard InChI is InChI=1S/C12H18N2O5S2/c1-3-8(2)11(12(16)17)14-9(15)7-13-21(18,19)10-5-4-6-20-10/h4-6,8,11,13H,3,7H2,1-2H3,(H,14,15)(H,16,17). The van der Waals surface area contributed by atoms with Crippen LogP contribution in [0.15, 0.2) is 21.7 Å². The summed E-state index contributed by atoms with van der Waals surface area (Å²) in [5.74, 6) is -2.07. The van der Waals surface area contributed by atoms with Crippen molar-refractivity contribution in [2.24, 2.45) is 5.92 Å². The van der Waals surface area contributed by atoms with Crippen LogP contribution in [-0.4, -0.2) is 38.0 Å². The minimum atomic E-state index is -3.73. The van der Waals surface area contributed by atoms with Crippen molar-refractivity contribution in [3.63, 3.8) is 0 Å². The van der Waals surface area contributed by atoms with E-state index in [-0.39, 0.29) is 10.1 Å². The van der Waals surface area contributed by atoms with Crippen LogP contribution in [0.4, 0.5) is 0 Å². The Balaban J connectivity index is 2.60. The van der Waals surface area contributed by atoms with Gasteiger partial charge in [-0.15, -0.1) is 11.3 Å². The molecule has 1 amide bonds. The normalized spacial score (nSPS) is 14.4. The van der Waals surface area contributed by atoms with Gasteiger partial charge >= 0.3 is 5.97 Å². The molecule has 1 aromatic rings. The molecule has 1 aromatic heterocycles. The second-order valence-corrected chi connectivity index (χ2v) is 7.47. The van der Waals surface area contributed by atoms with Crippen LogP contribution in [0, 0.1) is 5.92 Å². The summed E-state index contributed by atoms with van der Waals surface area (Å²) in [4.78, 5) is 22.8. The molecule has 0 fully saturated rings. The molecule has 0 bridgehead atoms. The average molecular weight is 334 g/mol. The Bertz CT molecular complexity index is 583. The lowest BCUT2D eigenvalue weighted by Crippen LogP contribution is -2.48. The van der Waals surface area contributed by atoms with Crippen molar-refractivity contribution < 1.29 is 23.1 Å². The first-order chi connectivity index (χ1) is 9.77. The molecule has 0 aliphatic heterocycles. The molecule has 118 valence electrons. The van der Waals surface area contributed by atoms with E-state index in [0.717, 1.165) is 11.3 Å². The van der Waals surface area contributed by atoms with E-state index >= 15 is 0 Å². The molecule has 1 heterocycles. The molecule has 0 spiro atoms. The summed E-state index contributed by atoms with van der Waals surface area (Å²) < 4.78 is 25.9. The van der Waals surface area contributed by atoms with E-state index in [4.69, 9.17) is 5.11 Å². The second kappa shape index (κ2) is 7.53. The van der Waals surface area contributed by atoms with Gasteiger partial charge in [0, 0.05) is 0 Å². The van der Waals surface area contributed by atoms with Crippen molar-refractivity contribution >= 4 is 33.2 Å². The van der Waals surface area contributed by atoms with Crippen LogP contribution >= 0.6 is 11.3 Å². The molecule has 0 aromatic carbocycles. The Morgan fingerprint density at radius 1 is 1.43 bits per heavy atom. The minimum Gasteiger partial charge on any atom is -0.480 e. The van der Waals surface area contributed by atoms with Crippen LogP contribution in [0.2, 0.25) is 0 Å². The first kappa shape index (κ1) is 17.6. The maximum absolute atomic E-state index is 11.8. The lowest BCUT2D eigenvalue weighted by atomic mass is 9.99. The number of hydrogen-bond donors (Lipinski definition) is 3. The van der Waals surface area contributed by atoms with E-state index in [2.05, 4.69) is 10.0 Å². The summed E-state index contributed by atoms with van der Waals surface area (Å²) in [5, 5.41) is 13.0. The van der Waals surface area contributed by atoms with E-state index in [1.807, 2.05) is 6.92 Å². The quantitative estimate of drug-likeness (QED) is 0.646. The number of rotatable bonds is 8. The van der Waals surface area contributed by atoms with Gasteiger partial charge in [-0.1, -0.05) is 26.3 Å². The summed E-state index contributed by atoms with van der Waals surface area (Å²) in [7, 11) is -3.73. The van der Waals surface area contributed by atoms with Gasteiger partial charge in [0.25, 0.3) is 10.0 Å². The van der Waals surface area contributed by atoms with Gasteiger partial charge in [-0.3, -0.25) is 4.79 Å². The number of sulfonamides is 1. The highest BCUT2D eigenvalue weighted by Gasteiger charge is 2.26. The minimum absolute atomic E-state index is 0.104. The fraction of sp³-hybridized carbons (Fsp3) is 0.500. The maximum Gasteiger partial charge on any atom is 0.326 e. The zero-order valence-electron chi connectivity index (χ0n) is 11.7. The van der Waals surface area contributed by atoms with Crippen molar-refractivity contribution in [3.8, 4) is 0 Å². The maximum atomic E-state index is 11.8. The van der Waals surface area contributed by atoms with E-state index in [9.17, 15) is 18.0 Å². The molecule has 21 heavy (non-hydrogen) atoms.